The molecule has 37 heavy (non-hydrogen) atoms. The van der Waals surface area contributed by atoms with Crippen LogP contribution in [0, 0.1) is 0 Å². The smallest absolute Gasteiger partial charge is 0.284 e. The summed E-state index contributed by atoms with van der Waals surface area (Å²) in [7, 11) is -2.52. The van der Waals surface area contributed by atoms with Gasteiger partial charge < -0.3 is 9.47 Å². The molecule has 1 heterocycles. The van der Waals surface area contributed by atoms with Gasteiger partial charge in [0.2, 0.25) is 0 Å². The molecule has 1 amide bonds. The molecule has 0 unspecified atom stereocenters. The molecule has 0 aliphatic carbocycles. The molecule has 7 nitrogen and oxygen atoms in total. The van der Waals surface area contributed by atoms with E-state index in [9.17, 15) is 13.2 Å². The van der Waals surface area contributed by atoms with Gasteiger partial charge in [-0.15, -0.1) is 11.0 Å². The summed E-state index contributed by atoms with van der Waals surface area (Å²) in [4.78, 5) is 14.7. The Hall–Kier alpha value is -3.53. The van der Waals surface area contributed by atoms with Crippen LogP contribution in [0.15, 0.2) is 99.6 Å². The Kier molecular flexibility index (Phi) is 8.38. The monoisotopic (exact) mass is 554 g/mol. The summed E-state index contributed by atoms with van der Waals surface area (Å²) < 4.78 is 41.0. The van der Waals surface area contributed by atoms with Crippen LogP contribution in [0.2, 0.25) is 5.02 Å². The molecule has 0 saturated carbocycles. The maximum atomic E-state index is 13.1. The lowest BCUT2D eigenvalue weighted by Gasteiger charge is -2.12. The van der Waals surface area contributed by atoms with Crippen molar-refractivity contribution in [3.8, 4) is 11.5 Å². The number of nitrogens with zero attached hydrogens (tertiary/aromatic N) is 2. The fraction of sp³-hybridized carbons (Fsp3) is 0.111. The molecule has 1 aliphatic heterocycles. The Morgan fingerprint density at radius 3 is 2.46 bits per heavy atom. The highest BCUT2D eigenvalue weighted by atomic mass is 35.5. The lowest BCUT2D eigenvalue weighted by molar-refractivity contribution is -0.121. The Morgan fingerprint density at radius 2 is 1.78 bits per heavy atom. The first-order valence-corrected chi connectivity index (χ1v) is 13.7. The minimum Gasteiger partial charge on any atom is -0.493 e. The standard InChI is InChI=1S/C27H23ClN2O5S2/c1-3-15-30-26(31)25(36-27(30)29-37(32,33)22-12-10-21(28)11-13-22)17-20-9-14-23(24(16-20)34-2)35-18-19-7-5-4-6-8-19/h3-14,16-17H,1,15,18H2,2H3. The Bertz CT molecular complexity index is 1470. The maximum Gasteiger partial charge on any atom is 0.284 e. The molecule has 190 valence electrons. The molecule has 0 spiro atoms. The predicted molar refractivity (Wildman–Crippen MR) is 147 cm³/mol. The van der Waals surface area contributed by atoms with Crippen LogP contribution in [0.1, 0.15) is 11.1 Å². The van der Waals surface area contributed by atoms with E-state index in [2.05, 4.69) is 11.0 Å². The summed E-state index contributed by atoms with van der Waals surface area (Å²) in [6.45, 7) is 4.15. The van der Waals surface area contributed by atoms with Crippen LogP contribution in [0.5, 0.6) is 11.5 Å². The lowest BCUT2D eigenvalue weighted by Crippen LogP contribution is -2.29. The van der Waals surface area contributed by atoms with Gasteiger partial charge in [-0.3, -0.25) is 9.69 Å². The van der Waals surface area contributed by atoms with Gasteiger partial charge in [-0.2, -0.15) is 8.42 Å². The van der Waals surface area contributed by atoms with Crippen LogP contribution in [0.4, 0.5) is 0 Å². The summed E-state index contributed by atoms with van der Waals surface area (Å²) in [6, 6.07) is 20.7. The number of amidine groups is 1. The largest absolute Gasteiger partial charge is 0.493 e. The van der Waals surface area contributed by atoms with Crippen molar-refractivity contribution < 1.29 is 22.7 Å². The number of carbonyl (C=O) groups is 1. The summed E-state index contributed by atoms with van der Waals surface area (Å²) in [5, 5.41) is 0.448. The zero-order valence-corrected chi connectivity index (χ0v) is 22.2. The van der Waals surface area contributed by atoms with E-state index in [1.54, 1.807) is 24.3 Å². The number of hydrogen-bond donors (Lipinski definition) is 0. The molecular weight excluding hydrogens is 532 g/mol. The average molecular weight is 555 g/mol. The van der Waals surface area contributed by atoms with Gasteiger partial charge >= 0.3 is 0 Å². The van der Waals surface area contributed by atoms with Crippen LogP contribution >= 0.6 is 23.4 Å². The first-order valence-electron chi connectivity index (χ1n) is 11.1. The van der Waals surface area contributed by atoms with E-state index in [0.717, 1.165) is 17.3 Å². The Morgan fingerprint density at radius 1 is 1.05 bits per heavy atom. The molecule has 0 atom stereocenters. The van der Waals surface area contributed by atoms with Crippen LogP contribution in [-0.2, 0) is 21.4 Å². The minimum atomic E-state index is -4.06. The molecule has 3 aromatic carbocycles. The SMILES string of the molecule is C=CCN1C(=O)C(=Cc2ccc(OCc3ccccc3)c(OC)c2)SC1=NS(=O)(=O)c1ccc(Cl)cc1. The zero-order valence-electron chi connectivity index (χ0n) is 19.8. The van der Waals surface area contributed by atoms with Crippen LogP contribution in [0.25, 0.3) is 6.08 Å². The van der Waals surface area contributed by atoms with Crippen molar-refractivity contribution in [3.05, 3.63) is 107 Å². The normalized spacial score (nSPS) is 15.8. The predicted octanol–water partition coefficient (Wildman–Crippen LogP) is 5.77. The van der Waals surface area contributed by atoms with Gasteiger partial charge in [0.25, 0.3) is 15.9 Å². The van der Waals surface area contributed by atoms with E-state index in [0.29, 0.717) is 33.6 Å². The first kappa shape index (κ1) is 26.5. The molecule has 10 heteroatoms. The van der Waals surface area contributed by atoms with Crippen molar-refractivity contribution in [3.63, 3.8) is 0 Å². The van der Waals surface area contributed by atoms with Crippen LogP contribution < -0.4 is 9.47 Å². The molecule has 1 saturated heterocycles. The van der Waals surface area contributed by atoms with E-state index >= 15 is 0 Å². The number of halogens is 1. The average Bonchev–Trinajstić information content (AvgIpc) is 3.17. The molecule has 0 radical (unpaired) electrons. The number of thioether (sulfide) groups is 1. The molecular formula is C27H23ClN2O5S2. The van der Waals surface area contributed by atoms with Crippen molar-refractivity contribution in [2.45, 2.75) is 11.5 Å². The van der Waals surface area contributed by atoms with E-state index in [1.807, 2.05) is 30.3 Å². The van der Waals surface area contributed by atoms with Crippen molar-refractivity contribution in [2.24, 2.45) is 4.40 Å². The van der Waals surface area contributed by atoms with E-state index < -0.39 is 10.0 Å². The molecule has 3 aromatic rings. The van der Waals surface area contributed by atoms with Gasteiger partial charge in [0.1, 0.15) is 6.61 Å². The molecule has 1 fully saturated rings. The maximum absolute atomic E-state index is 13.1. The molecule has 0 N–H and O–H groups in total. The number of hydrogen-bond acceptors (Lipinski definition) is 6. The van der Waals surface area contributed by atoms with Crippen molar-refractivity contribution in [2.75, 3.05) is 13.7 Å². The fourth-order valence-corrected chi connectivity index (χ4v) is 5.72. The summed E-state index contributed by atoms with van der Waals surface area (Å²) in [5.74, 6) is 0.685. The summed E-state index contributed by atoms with van der Waals surface area (Å²) >= 11 is 6.84. The summed E-state index contributed by atoms with van der Waals surface area (Å²) in [5.41, 5.74) is 1.70. The second-order valence-corrected chi connectivity index (χ2v) is 10.9. The first-order chi connectivity index (χ1) is 17.8. The van der Waals surface area contributed by atoms with E-state index in [1.165, 1.54) is 42.4 Å². The highest BCUT2D eigenvalue weighted by Crippen LogP contribution is 2.36. The van der Waals surface area contributed by atoms with Crippen molar-refractivity contribution >= 4 is 50.5 Å². The second kappa shape index (κ2) is 11.7. The number of benzene rings is 3. The highest BCUT2D eigenvalue weighted by molar-refractivity contribution is 8.19. The van der Waals surface area contributed by atoms with Crippen molar-refractivity contribution in [1.29, 1.82) is 0 Å². The quantitative estimate of drug-likeness (QED) is 0.246. The van der Waals surface area contributed by atoms with Crippen molar-refractivity contribution in [1.82, 2.24) is 4.90 Å². The number of ether oxygens (including phenoxy) is 2. The van der Waals surface area contributed by atoms with Crippen LogP contribution in [-0.4, -0.2) is 38.0 Å². The topological polar surface area (TPSA) is 85.3 Å². The molecule has 4 rings (SSSR count). The molecule has 0 aromatic heterocycles. The third kappa shape index (κ3) is 6.43. The number of amides is 1. The third-order valence-electron chi connectivity index (χ3n) is 5.23. The van der Waals surface area contributed by atoms with Gasteiger partial charge in [0.05, 0.1) is 16.9 Å². The lowest BCUT2D eigenvalue weighted by atomic mass is 10.1. The van der Waals surface area contributed by atoms with Gasteiger partial charge in [-0.25, -0.2) is 0 Å². The van der Waals surface area contributed by atoms with Crippen LogP contribution in [0.3, 0.4) is 0 Å². The third-order valence-corrected chi connectivity index (χ3v) is 7.89. The Balaban J connectivity index is 1.59. The summed E-state index contributed by atoms with van der Waals surface area (Å²) in [6.07, 6.45) is 3.16. The fourth-order valence-electron chi connectivity index (χ4n) is 3.41. The van der Waals surface area contributed by atoms with Gasteiger partial charge in [0.15, 0.2) is 16.7 Å². The highest BCUT2D eigenvalue weighted by Gasteiger charge is 2.34. The zero-order chi connectivity index (χ0) is 26.4. The number of sulfonamides is 1. The molecule has 0 bridgehead atoms. The number of methoxy groups -OCH3 is 1. The minimum absolute atomic E-state index is 0.0238. The number of carbonyl (C=O) groups excluding carboxylic acids is 1. The van der Waals surface area contributed by atoms with Gasteiger partial charge in [-0.05, 0) is 65.4 Å². The molecule has 1 aliphatic rings. The second-order valence-electron chi connectivity index (χ2n) is 7.80. The van der Waals surface area contributed by atoms with E-state index in [-0.39, 0.29) is 22.5 Å². The Labute approximate surface area is 225 Å². The van der Waals surface area contributed by atoms with E-state index in [4.69, 9.17) is 21.1 Å². The van der Waals surface area contributed by atoms with Gasteiger partial charge in [0, 0.05) is 11.6 Å². The number of rotatable bonds is 9. The van der Waals surface area contributed by atoms with Gasteiger partial charge in [-0.1, -0.05) is 54.1 Å².